The van der Waals surface area contributed by atoms with Gasteiger partial charge in [-0.1, -0.05) is 16.8 Å². The molecule has 2 aromatic rings. The number of benzene rings is 1. The fraction of sp³-hybridized carbons (Fsp3) is 0.333. The molecule has 2 N–H and O–H groups in total. The highest BCUT2D eigenvalue weighted by Gasteiger charge is 2.39. The zero-order valence-corrected chi connectivity index (χ0v) is 11.1. The smallest absolute Gasteiger partial charge is 0.270 e. The molecule has 0 bridgehead atoms. The minimum Gasteiger partial charge on any atom is -0.334 e. The predicted octanol–water partition coefficient (Wildman–Crippen LogP) is 2.64. The van der Waals surface area contributed by atoms with E-state index in [0.29, 0.717) is 11.4 Å². The molecule has 0 spiro atoms. The summed E-state index contributed by atoms with van der Waals surface area (Å²) in [5.41, 5.74) is 5.96. The standard InChI is InChI=1S/C12H11ClN4O3/c13-9-6-7(17(18)19)2-3-8(9)10-15-11(16-20-10)12(14)4-1-5-12/h2-3,6H,1,4-5,14H2. The third-order valence-corrected chi connectivity index (χ3v) is 3.82. The van der Waals surface area contributed by atoms with E-state index in [0.717, 1.165) is 19.3 Å². The largest absolute Gasteiger partial charge is 0.334 e. The van der Waals surface area contributed by atoms with Gasteiger partial charge in [0, 0.05) is 12.1 Å². The van der Waals surface area contributed by atoms with Gasteiger partial charge in [0.2, 0.25) is 0 Å². The molecule has 1 fully saturated rings. The van der Waals surface area contributed by atoms with Crippen molar-refractivity contribution in [3.63, 3.8) is 0 Å². The molecule has 0 saturated heterocycles. The van der Waals surface area contributed by atoms with Gasteiger partial charge in [0.1, 0.15) is 0 Å². The summed E-state index contributed by atoms with van der Waals surface area (Å²) in [6.45, 7) is 0. The highest BCUT2D eigenvalue weighted by molar-refractivity contribution is 6.33. The number of nitrogens with two attached hydrogens (primary N) is 1. The molecule has 3 rings (SSSR count). The minimum atomic E-state index is -0.519. The molecule has 0 radical (unpaired) electrons. The Bertz CT molecular complexity index is 681. The third-order valence-electron chi connectivity index (χ3n) is 3.51. The molecule has 1 saturated carbocycles. The zero-order valence-electron chi connectivity index (χ0n) is 10.4. The second-order valence-corrected chi connectivity index (χ2v) is 5.26. The SMILES string of the molecule is NC1(c2noc(-c3ccc([N+](=O)[O-])cc3Cl)n2)CCC1. The van der Waals surface area contributed by atoms with Crippen molar-refractivity contribution in [3.8, 4) is 11.5 Å². The van der Waals surface area contributed by atoms with Crippen LogP contribution in [-0.2, 0) is 5.54 Å². The number of non-ortho nitro benzene ring substituents is 1. The van der Waals surface area contributed by atoms with Crippen LogP contribution in [-0.4, -0.2) is 15.1 Å². The first-order chi connectivity index (χ1) is 9.49. The molecular weight excluding hydrogens is 284 g/mol. The first kappa shape index (κ1) is 13.0. The van der Waals surface area contributed by atoms with Crippen molar-refractivity contribution in [2.24, 2.45) is 5.73 Å². The summed E-state index contributed by atoms with van der Waals surface area (Å²) in [7, 11) is 0. The summed E-state index contributed by atoms with van der Waals surface area (Å²) in [5, 5.41) is 14.7. The van der Waals surface area contributed by atoms with Gasteiger partial charge in [-0.25, -0.2) is 0 Å². The number of nitro benzene ring substituents is 1. The fourth-order valence-electron chi connectivity index (χ4n) is 2.11. The van der Waals surface area contributed by atoms with Crippen LogP contribution in [0.4, 0.5) is 5.69 Å². The second kappa shape index (κ2) is 4.53. The summed E-state index contributed by atoms with van der Waals surface area (Å²) >= 11 is 6.02. The van der Waals surface area contributed by atoms with Crippen molar-refractivity contribution in [3.05, 3.63) is 39.2 Å². The summed E-state index contributed by atoms with van der Waals surface area (Å²) in [4.78, 5) is 14.4. The molecule has 20 heavy (non-hydrogen) atoms. The van der Waals surface area contributed by atoms with Crippen molar-refractivity contribution in [1.82, 2.24) is 10.1 Å². The van der Waals surface area contributed by atoms with E-state index in [1.165, 1.54) is 18.2 Å². The average Bonchev–Trinajstić information content (AvgIpc) is 2.85. The van der Waals surface area contributed by atoms with Crippen LogP contribution in [0.3, 0.4) is 0 Å². The molecule has 0 aliphatic heterocycles. The molecule has 0 atom stereocenters. The Morgan fingerprint density at radius 3 is 2.75 bits per heavy atom. The Morgan fingerprint density at radius 1 is 1.45 bits per heavy atom. The molecule has 0 amide bonds. The van der Waals surface area contributed by atoms with Crippen molar-refractivity contribution in [2.45, 2.75) is 24.8 Å². The van der Waals surface area contributed by atoms with Gasteiger partial charge >= 0.3 is 0 Å². The first-order valence-electron chi connectivity index (χ1n) is 6.07. The number of rotatable bonds is 3. The lowest BCUT2D eigenvalue weighted by molar-refractivity contribution is -0.384. The van der Waals surface area contributed by atoms with Crippen LogP contribution in [0.25, 0.3) is 11.5 Å². The zero-order chi connectivity index (χ0) is 14.3. The maximum atomic E-state index is 10.7. The highest BCUT2D eigenvalue weighted by atomic mass is 35.5. The van der Waals surface area contributed by atoms with Crippen molar-refractivity contribution >= 4 is 17.3 Å². The Morgan fingerprint density at radius 2 is 2.20 bits per heavy atom. The molecule has 1 aromatic heterocycles. The molecule has 1 aliphatic carbocycles. The molecule has 104 valence electrons. The Labute approximate surface area is 118 Å². The molecule has 1 heterocycles. The van der Waals surface area contributed by atoms with E-state index in [2.05, 4.69) is 10.1 Å². The van der Waals surface area contributed by atoms with Crippen molar-refractivity contribution in [2.75, 3.05) is 0 Å². The van der Waals surface area contributed by atoms with Crippen LogP contribution < -0.4 is 5.73 Å². The van der Waals surface area contributed by atoms with Gasteiger partial charge in [-0.15, -0.1) is 0 Å². The van der Waals surface area contributed by atoms with E-state index in [4.69, 9.17) is 21.9 Å². The number of hydrogen-bond donors (Lipinski definition) is 1. The summed E-state index contributed by atoms with van der Waals surface area (Å²) < 4.78 is 5.16. The van der Waals surface area contributed by atoms with Crippen LogP contribution in [0.2, 0.25) is 5.02 Å². The maximum Gasteiger partial charge on any atom is 0.270 e. The topological polar surface area (TPSA) is 108 Å². The molecule has 1 aliphatic rings. The summed E-state index contributed by atoms with van der Waals surface area (Å²) in [6, 6.07) is 4.08. The predicted molar refractivity (Wildman–Crippen MR) is 71.1 cm³/mol. The average molecular weight is 295 g/mol. The lowest BCUT2D eigenvalue weighted by atomic mass is 9.77. The van der Waals surface area contributed by atoms with Gasteiger partial charge in [0.25, 0.3) is 11.6 Å². The number of halogens is 1. The van der Waals surface area contributed by atoms with E-state index < -0.39 is 10.5 Å². The molecule has 8 heteroatoms. The fourth-order valence-corrected chi connectivity index (χ4v) is 2.36. The van der Waals surface area contributed by atoms with E-state index in [-0.39, 0.29) is 16.6 Å². The number of nitrogens with zero attached hydrogens (tertiary/aromatic N) is 3. The maximum absolute atomic E-state index is 10.7. The Balaban J connectivity index is 1.95. The molecule has 0 unspecified atom stereocenters. The highest BCUT2D eigenvalue weighted by Crippen LogP contribution is 2.38. The summed E-state index contributed by atoms with van der Waals surface area (Å²) in [5.74, 6) is 0.671. The van der Waals surface area contributed by atoms with Crippen LogP contribution in [0.15, 0.2) is 22.7 Å². The first-order valence-corrected chi connectivity index (χ1v) is 6.45. The monoisotopic (exact) mass is 294 g/mol. The lowest BCUT2D eigenvalue weighted by Crippen LogP contribution is -2.44. The van der Waals surface area contributed by atoms with Crippen molar-refractivity contribution in [1.29, 1.82) is 0 Å². The van der Waals surface area contributed by atoms with Crippen LogP contribution in [0, 0.1) is 10.1 Å². The molecule has 7 nitrogen and oxygen atoms in total. The van der Waals surface area contributed by atoms with E-state index in [1.54, 1.807) is 0 Å². The van der Waals surface area contributed by atoms with E-state index in [1.807, 2.05) is 0 Å². The summed E-state index contributed by atoms with van der Waals surface area (Å²) in [6.07, 6.45) is 2.68. The lowest BCUT2D eigenvalue weighted by Gasteiger charge is -2.34. The normalized spacial score (nSPS) is 16.7. The van der Waals surface area contributed by atoms with Gasteiger partial charge < -0.3 is 10.3 Å². The van der Waals surface area contributed by atoms with Crippen LogP contribution >= 0.6 is 11.6 Å². The number of nitro groups is 1. The van der Waals surface area contributed by atoms with Gasteiger partial charge in [0.05, 0.1) is 21.0 Å². The Kier molecular flexibility index (Phi) is 2.95. The van der Waals surface area contributed by atoms with E-state index in [9.17, 15) is 10.1 Å². The number of aromatic nitrogens is 2. The van der Waals surface area contributed by atoms with Crippen LogP contribution in [0.1, 0.15) is 25.1 Å². The number of hydrogen-bond acceptors (Lipinski definition) is 6. The quantitative estimate of drug-likeness (QED) is 0.688. The second-order valence-electron chi connectivity index (χ2n) is 4.85. The van der Waals surface area contributed by atoms with Gasteiger partial charge in [-0.05, 0) is 25.3 Å². The van der Waals surface area contributed by atoms with E-state index >= 15 is 0 Å². The van der Waals surface area contributed by atoms with Gasteiger partial charge in [-0.2, -0.15) is 4.98 Å². The van der Waals surface area contributed by atoms with Gasteiger partial charge in [0.15, 0.2) is 5.82 Å². The molecule has 1 aromatic carbocycles. The third kappa shape index (κ3) is 2.04. The minimum absolute atomic E-state index is 0.0900. The Hall–Kier alpha value is -1.99. The molecular formula is C12H11ClN4O3. The van der Waals surface area contributed by atoms with Crippen molar-refractivity contribution < 1.29 is 9.45 Å². The van der Waals surface area contributed by atoms with Gasteiger partial charge in [-0.3, -0.25) is 10.1 Å². The van der Waals surface area contributed by atoms with Crippen LogP contribution in [0.5, 0.6) is 0 Å².